The Morgan fingerprint density at radius 1 is 1.16 bits per heavy atom. The third-order valence-corrected chi connectivity index (χ3v) is 3.86. The maximum atomic E-state index is 11.8. The average molecular weight is 431 g/mol. The van der Waals surface area contributed by atoms with E-state index in [2.05, 4.69) is 49.2 Å². The Labute approximate surface area is 134 Å². The number of hydrogen-bond donors (Lipinski definition) is 2. The minimum atomic E-state index is -0.0715. The van der Waals surface area contributed by atoms with E-state index in [0.717, 1.165) is 19.4 Å². The van der Waals surface area contributed by atoms with Gasteiger partial charge in [-0.2, -0.15) is 0 Å². The van der Waals surface area contributed by atoms with E-state index in [1.165, 1.54) is 0 Å². The Morgan fingerprint density at radius 3 is 2.68 bits per heavy atom. The fourth-order valence-electron chi connectivity index (χ4n) is 1.55. The first-order chi connectivity index (χ1) is 9.15. The van der Waals surface area contributed by atoms with Crippen molar-refractivity contribution in [2.75, 3.05) is 17.2 Å². The van der Waals surface area contributed by atoms with Gasteiger partial charge >= 0.3 is 0 Å². The van der Waals surface area contributed by atoms with Crippen LogP contribution in [0.4, 0.5) is 11.4 Å². The molecule has 0 atom stereocenters. The highest BCUT2D eigenvalue weighted by atomic mass is 127. The highest BCUT2D eigenvalue weighted by molar-refractivity contribution is 14.1. The van der Waals surface area contributed by atoms with E-state index in [4.69, 9.17) is 0 Å². The van der Waals surface area contributed by atoms with Crippen molar-refractivity contribution in [3.05, 3.63) is 56.6 Å². The van der Waals surface area contributed by atoms with Crippen molar-refractivity contribution in [1.29, 1.82) is 0 Å². The van der Waals surface area contributed by atoms with E-state index >= 15 is 0 Å². The minimum Gasteiger partial charge on any atom is -0.375 e. The molecule has 0 aliphatic heterocycles. The van der Waals surface area contributed by atoms with Gasteiger partial charge in [0.25, 0.3) is 0 Å². The molecule has 0 bridgehead atoms. The molecule has 2 rings (SSSR count). The van der Waals surface area contributed by atoms with E-state index in [-0.39, 0.29) is 12.5 Å². The Bertz CT molecular complexity index is 589. The fourth-order valence-corrected chi connectivity index (χ4v) is 2.53. The second kappa shape index (κ2) is 6.91. The number of halogens is 2. The first-order valence-electron chi connectivity index (χ1n) is 5.69. The third kappa shape index (κ3) is 4.50. The molecule has 2 N–H and O–H groups in total. The molecule has 98 valence electrons. The summed E-state index contributed by atoms with van der Waals surface area (Å²) >= 11 is 5.60. The molecule has 1 amide bonds. The number of carbonyl (C=O) groups excluding carboxylic acids is 1. The lowest BCUT2D eigenvalue weighted by atomic mass is 10.3. The van der Waals surface area contributed by atoms with Crippen LogP contribution in [-0.2, 0) is 4.79 Å². The molecule has 0 unspecified atom stereocenters. The van der Waals surface area contributed by atoms with Crippen LogP contribution >= 0.6 is 38.5 Å². The normalized spacial score (nSPS) is 10.0. The molecule has 0 radical (unpaired) electrons. The van der Waals surface area contributed by atoms with Crippen molar-refractivity contribution in [2.24, 2.45) is 0 Å². The van der Waals surface area contributed by atoms with Gasteiger partial charge in [-0.15, -0.1) is 0 Å². The van der Waals surface area contributed by atoms with Gasteiger partial charge in [0.05, 0.1) is 6.54 Å². The molecule has 0 aliphatic rings. The Morgan fingerprint density at radius 2 is 1.95 bits per heavy atom. The summed E-state index contributed by atoms with van der Waals surface area (Å²) in [7, 11) is 0. The molecule has 0 heterocycles. The summed E-state index contributed by atoms with van der Waals surface area (Å²) < 4.78 is 2.03. The van der Waals surface area contributed by atoms with E-state index in [0.29, 0.717) is 0 Å². The first-order valence-corrected chi connectivity index (χ1v) is 7.56. The zero-order chi connectivity index (χ0) is 13.7. The molecule has 19 heavy (non-hydrogen) atoms. The van der Waals surface area contributed by atoms with Crippen molar-refractivity contribution in [1.82, 2.24) is 0 Å². The van der Waals surface area contributed by atoms with E-state index in [1.807, 2.05) is 48.5 Å². The molecular weight excluding hydrogens is 419 g/mol. The smallest absolute Gasteiger partial charge is 0.243 e. The summed E-state index contributed by atoms with van der Waals surface area (Å²) in [6.07, 6.45) is 0. The summed E-state index contributed by atoms with van der Waals surface area (Å²) in [5, 5.41) is 5.95. The van der Waals surface area contributed by atoms with Crippen LogP contribution in [0, 0.1) is 3.57 Å². The molecule has 2 aromatic carbocycles. The molecule has 0 saturated heterocycles. The zero-order valence-corrected chi connectivity index (χ0v) is 13.7. The Hall–Kier alpha value is -1.08. The number of para-hydroxylation sites is 1. The second-order valence-electron chi connectivity index (χ2n) is 3.89. The van der Waals surface area contributed by atoms with Crippen LogP contribution < -0.4 is 10.6 Å². The average Bonchev–Trinajstić information content (AvgIpc) is 2.38. The van der Waals surface area contributed by atoms with E-state index in [9.17, 15) is 4.79 Å². The molecular formula is C14H12BrIN2O. The van der Waals surface area contributed by atoms with Crippen LogP contribution in [0.5, 0.6) is 0 Å². The summed E-state index contributed by atoms with van der Waals surface area (Å²) in [5.74, 6) is -0.0715. The van der Waals surface area contributed by atoms with Gasteiger partial charge in [0.2, 0.25) is 5.91 Å². The highest BCUT2D eigenvalue weighted by Gasteiger charge is 2.04. The number of carbonyl (C=O) groups is 1. The van der Waals surface area contributed by atoms with E-state index in [1.54, 1.807) is 0 Å². The van der Waals surface area contributed by atoms with Gasteiger partial charge in [0.1, 0.15) is 0 Å². The second-order valence-corrected chi connectivity index (χ2v) is 5.97. The van der Waals surface area contributed by atoms with Gasteiger partial charge in [-0.25, -0.2) is 0 Å². The predicted octanol–water partition coefficient (Wildman–Crippen LogP) is 4.10. The van der Waals surface area contributed by atoms with Gasteiger partial charge in [0.15, 0.2) is 0 Å². The summed E-state index contributed by atoms with van der Waals surface area (Å²) in [4.78, 5) is 11.8. The monoisotopic (exact) mass is 430 g/mol. The van der Waals surface area contributed by atoms with Crippen LogP contribution in [-0.4, -0.2) is 12.5 Å². The zero-order valence-electron chi connectivity index (χ0n) is 9.99. The van der Waals surface area contributed by atoms with Crippen molar-refractivity contribution in [2.45, 2.75) is 0 Å². The van der Waals surface area contributed by atoms with Crippen LogP contribution in [0.1, 0.15) is 0 Å². The molecule has 5 heteroatoms. The third-order valence-electron chi connectivity index (χ3n) is 2.42. The lowest BCUT2D eigenvalue weighted by Gasteiger charge is -2.09. The molecule has 0 spiro atoms. The summed E-state index contributed by atoms with van der Waals surface area (Å²) in [6, 6.07) is 15.4. The molecule has 0 fully saturated rings. The number of amides is 1. The predicted molar refractivity (Wildman–Crippen MR) is 90.4 cm³/mol. The fraction of sp³-hybridized carbons (Fsp3) is 0.0714. The number of hydrogen-bond acceptors (Lipinski definition) is 2. The van der Waals surface area contributed by atoms with Crippen LogP contribution in [0.25, 0.3) is 0 Å². The first kappa shape index (κ1) is 14.3. The SMILES string of the molecule is O=C(CNc1ccccc1I)Nc1cccc(Br)c1. The van der Waals surface area contributed by atoms with Crippen LogP contribution in [0.3, 0.4) is 0 Å². The Balaban J connectivity index is 1.90. The number of benzene rings is 2. The number of nitrogens with one attached hydrogen (secondary N) is 2. The molecule has 0 saturated carbocycles. The maximum absolute atomic E-state index is 11.8. The van der Waals surface area contributed by atoms with Crippen LogP contribution in [0.15, 0.2) is 53.0 Å². The topological polar surface area (TPSA) is 41.1 Å². The lowest BCUT2D eigenvalue weighted by molar-refractivity contribution is -0.114. The van der Waals surface area contributed by atoms with Gasteiger partial charge in [-0.3, -0.25) is 4.79 Å². The number of rotatable bonds is 4. The molecule has 3 nitrogen and oxygen atoms in total. The molecule has 2 aromatic rings. The van der Waals surface area contributed by atoms with Crippen LogP contribution in [0.2, 0.25) is 0 Å². The summed E-state index contributed by atoms with van der Waals surface area (Å²) in [5.41, 5.74) is 1.75. The largest absolute Gasteiger partial charge is 0.375 e. The minimum absolute atomic E-state index is 0.0715. The van der Waals surface area contributed by atoms with Gasteiger partial charge in [-0.1, -0.05) is 34.1 Å². The van der Waals surface area contributed by atoms with Crippen molar-refractivity contribution in [3.63, 3.8) is 0 Å². The van der Waals surface area contributed by atoms with Crippen molar-refractivity contribution in [3.8, 4) is 0 Å². The lowest BCUT2D eigenvalue weighted by Crippen LogP contribution is -2.22. The van der Waals surface area contributed by atoms with Gasteiger partial charge in [-0.05, 0) is 52.9 Å². The van der Waals surface area contributed by atoms with Gasteiger partial charge in [0, 0.05) is 19.4 Å². The maximum Gasteiger partial charge on any atom is 0.243 e. The van der Waals surface area contributed by atoms with Crippen molar-refractivity contribution >= 4 is 55.8 Å². The van der Waals surface area contributed by atoms with E-state index < -0.39 is 0 Å². The molecule has 0 aromatic heterocycles. The Kier molecular flexibility index (Phi) is 5.21. The summed E-state index contributed by atoms with van der Waals surface area (Å²) in [6.45, 7) is 0.243. The quantitative estimate of drug-likeness (QED) is 0.717. The standard InChI is InChI=1S/C14H12BrIN2O/c15-10-4-3-5-11(8-10)18-14(19)9-17-13-7-2-1-6-12(13)16/h1-8,17H,9H2,(H,18,19). The highest BCUT2D eigenvalue weighted by Crippen LogP contribution is 2.17. The van der Waals surface area contributed by atoms with Gasteiger partial charge < -0.3 is 10.6 Å². The molecule has 0 aliphatic carbocycles. The van der Waals surface area contributed by atoms with Crippen molar-refractivity contribution < 1.29 is 4.79 Å². The number of anilines is 2.